The number of nitrogens with zero attached hydrogens (tertiary/aromatic N) is 3. The summed E-state index contributed by atoms with van der Waals surface area (Å²) in [6.07, 6.45) is 3.93. The number of carbonyl (C=O) groups is 1. The zero-order valence-corrected chi connectivity index (χ0v) is 16.2. The zero-order chi connectivity index (χ0) is 19.3. The number of aromatic nitrogens is 1. The van der Waals surface area contributed by atoms with E-state index in [4.69, 9.17) is 0 Å². The van der Waals surface area contributed by atoms with E-state index in [1.165, 1.54) is 11.3 Å². The Hall–Kier alpha value is -3.14. The van der Waals surface area contributed by atoms with Crippen molar-refractivity contribution in [3.8, 4) is 0 Å². The first-order valence-electron chi connectivity index (χ1n) is 9.91. The number of amides is 1. The summed E-state index contributed by atoms with van der Waals surface area (Å²) in [5.41, 5.74) is 4.34. The molecule has 4 heteroatoms. The van der Waals surface area contributed by atoms with E-state index >= 15 is 0 Å². The van der Waals surface area contributed by atoms with E-state index in [2.05, 4.69) is 34.1 Å². The van der Waals surface area contributed by atoms with Gasteiger partial charge < -0.3 is 9.80 Å². The standard InChI is InChI=1S/C24H25N3O/c1-2-26(18-19-9-4-3-5-10-19)24(28)21-14-15-23(25-17-21)27-16-8-12-20-11-6-7-13-22(20)27/h3-7,9-11,13-15,17H,2,8,12,16,18H2,1H3. The van der Waals surface area contributed by atoms with Gasteiger partial charge in [-0.1, -0.05) is 48.5 Å². The van der Waals surface area contributed by atoms with Crippen LogP contribution in [0.5, 0.6) is 0 Å². The van der Waals surface area contributed by atoms with E-state index in [0.29, 0.717) is 18.7 Å². The average Bonchev–Trinajstić information content (AvgIpc) is 2.77. The molecule has 0 atom stereocenters. The highest BCUT2D eigenvalue weighted by Crippen LogP contribution is 2.32. The van der Waals surface area contributed by atoms with E-state index in [1.54, 1.807) is 6.20 Å². The predicted molar refractivity (Wildman–Crippen MR) is 113 cm³/mol. The van der Waals surface area contributed by atoms with Crippen LogP contribution in [0.3, 0.4) is 0 Å². The second kappa shape index (κ2) is 8.26. The fourth-order valence-electron chi connectivity index (χ4n) is 3.76. The molecular formula is C24H25N3O. The molecule has 4 rings (SSSR count). The van der Waals surface area contributed by atoms with Crippen molar-refractivity contribution in [1.29, 1.82) is 0 Å². The van der Waals surface area contributed by atoms with E-state index in [0.717, 1.165) is 30.8 Å². The molecule has 0 aliphatic carbocycles. The number of pyridine rings is 1. The van der Waals surface area contributed by atoms with Crippen LogP contribution in [0.2, 0.25) is 0 Å². The van der Waals surface area contributed by atoms with Crippen molar-refractivity contribution in [2.24, 2.45) is 0 Å². The molecule has 0 bridgehead atoms. The molecule has 142 valence electrons. The summed E-state index contributed by atoms with van der Waals surface area (Å²) in [4.78, 5) is 21.7. The molecule has 3 aromatic rings. The number of anilines is 2. The Morgan fingerprint density at radius 3 is 2.57 bits per heavy atom. The minimum atomic E-state index is 0.0180. The average molecular weight is 371 g/mol. The topological polar surface area (TPSA) is 36.4 Å². The largest absolute Gasteiger partial charge is 0.335 e. The summed E-state index contributed by atoms with van der Waals surface area (Å²) >= 11 is 0. The molecule has 0 fully saturated rings. The lowest BCUT2D eigenvalue weighted by Gasteiger charge is -2.30. The predicted octanol–water partition coefficient (Wildman–Crippen LogP) is 4.83. The number of hydrogen-bond donors (Lipinski definition) is 0. The van der Waals surface area contributed by atoms with Crippen molar-refractivity contribution >= 4 is 17.4 Å². The van der Waals surface area contributed by atoms with Gasteiger partial charge in [0.15, 0.2) is 0 Å². The summed E-state index contributed by atoms with van der Waals surface area (Å²) in [7, 11) is 0. The molecule has 1 amide bonds. The van der Waals surface area contributed by atoms with Gasteiger partial charge >= 0.3 is 0 Å². The molecule has 2 aromatic carbocycles. The second-order valence-corrected chi connectivity index (χ2v) is 7.09. The second-order valence-electron chi connectivity index (χ2n) is 7.09. The van der Waals surface area contributed by atoms with Crippen LogP contribution in [-0.2, 0) is 13.0 Å². The van der Waals surface area contributed by atoms with E-state index in [-0.39, 0.29) is 5.91 Å². The Morgan fingerprint density at radius 2 is 1.82 bits per heavy atom. The van der Waals surface area contributed by atoms with Gasteiger partial charge in [0.05, 0.1) is 5.56 Å². The first-order valence-corrected chi connectivity index (χ1v) is 9.91. The number of hydrogen-bond acceptors (Lipinski definition) is 3. The minimum absolute atomic E-state index is 0.0180. The Bertz CT molecular complexity index is 938. The van der Waals surface area contributed by atoms with Gasteiger partial charge in [0.25, 0.3) is 5.91 Å². The highest BCUT2D eigenvalue weighted by molar-refractivity contribution is 5.94. The molecular weight excluding hydrogens is 346 g/mol. The molecule has 0 N–H and O–H groups in total. The zero-order valence-electron chi connectivity index (χ0n) is 16.2. The van der Waals surface area contributed by atoms with Crippen LogP contribution in [0.15, 0.2) is 72.9 Å². The number of rotatable bonds is 5. The van der Waals surface area contributed by atoms with Gasteiger partial charge in [-0.05, 0) is 49.1 Å². The summed E-state index contributed by atoms with van der Waals surface area (Å²) in [6, 6.07) is 22.4. The van der Waals surface area contributed by atoms with Gasteiger partial charge in [0.2, 0.25) is 0 Å². The maximum Gasteiger partial charge on any atom is 0.255 e. The van der Waals surface area contributed by atoms with Gasteiger partial charge in [0, 0.05) is 31.5 Å². The fraction of sp³-hybridized carbons (Fsp3) is 0.250. The quantitative estimate of drug-likeness (QED) is 0.645. The SMILES string of the molecule is CCN(Cc1ccccc1)C(=O)c1ccc(N2CCCc3ccccc32)nc1. The van der Waals surface area contributed by atoms with Crippen LogP contribution in [0, 0.1) is 0 Å². The molecule has 0 saturated heterocycles. The van der Waals surface area contributed by atoms with Crippen LogP contribution in [0.25, 0.3) is 0 Å². The Kier molecular flexibility index (Phi) is 5.38. The molecule has 2 heterocycles. The summed E-state index contributed by atoms with van der Waals surface area (Å²) in [5.74, 6) is 0.916. The van der Waals surface area contributed by atoms with E-state index in [1.807, 2.05) is 54.3 Å². The fourth-order valence-corrected chi connectivity index (χ4v) is 3.76. The molecule has 0 saturated carbocycles. The third-order valence-corrected chi connectivity index (χ3v) is 5.27. The molecule has 4 nitrogen and oxygen atoms in total. The molecule has 1 aliphatic heterocycles. The van der Waals surface area contributed by atoms with Crippen molar-refractivity contribution < 1.29 is 4.79 Å². The number of benzene rings is 2. The number of carbonyl (C=O) groups excluding carboxylic acids is 1. The molecule has 1 aromatic heterocycles. The lowest BCUT2D eigenvalue weighted by atomic mass is 10.0. The van der Waals surface area contributed by atoms with Crippen molar-refractivity contribution in [2.75, 3.05) is 18.0 Å². The molecule has 28 heavy (non-hydrogen) atoms. The summed E-state index contributed by atoms with van der Waals surface area (Å²) < 4.78 is 0. The molecule has 0 spiro atoms. The van der Waals surface area contributed by atoms with Crippen LogP contribution >= 0.6 is 0 Å². The van der Waals surface area contributed by atoms with Gasteiger partial charge in [0.1, 0.15) is 5.82 Å². The van der Waals surface area contributed by atoms with Crippen molar-refractivity contribution in [3.63, 3.8) is 0 Å². The van der Waals surface area contributed by atoms with Gasteiger partial charge in [-0.15, -0.1) is 0 Å². The number of para-hydroxylation sites is 1. The smallest absolute Gasteiger partial charge is 0.255 e. The molecule has 0 radical (unpaired) electrons. The first kappa shape index (κ1) is 18.2. The Balaban J connectivity index is 1.52. The number of fused-ring (bicyclic) bond motifs is 1. The van der Waals surface area contributed by atoms with Crippen LogP contribution in [-0.4, -0.2) is 28.9 Å². The van der Waals surface area contributed by atoms with Crippen molar-refractivity contribution in [1.82, 2.24) is 9.88 Å². The van der Waals surface area contributed by atoms with Gasteiger partial charge in [-0.25, -0.2) is 4.98 Å². The van der Waals surface area contributed by atoms with Crippen LogP contribution < -0.4 is 4.90 Å². The summed E-state index contributed by atoms with van der Waals surface area (Å²) in [6.45, 7) is 4.23. The van der Waals surface area contributed by atoms with Crippen LogP contribution in [0.1, 0.15) is 34.8 Å². The monoisotopic (exact) mass is 371 g/mol. The van der Waals surface area contributed by atoms with Gasteiger partial charge in [-0.2, -0.15) is 0 Å². The van der Waals surface area contributed by atoms with Crippen molar-refractivity contribution in [3.05, 3.63) is 89.6 Å². The van der Waals surface area contributed by atoms with Crippen molar-refractivity contribution in [2.45, 2.75) is 26.3 Å². The Morgan fingerprint density at radius 1 is 1.04 bits per heavy atom. The maximum absolute atomic E-state index is 12.9. The van der Waals surface area contributed by atoms with Crippen LogP contribution in [0.4, 0.5) is 11.5 Å². The van der Waals surface area contributed by atoms with E-state index < -0.39 is 0 Å². The van der Waals surface area contributed by atoms with Gasteiger partial charge in [-0.3, -0.25) is 4.79 Å². The minimum Gasteiger partial charge on any atom is -0.335 e. The third-order valence-electron chi connectivity index (χ3n) is 5.27. The molecule has 0 unspecified atom stereocenters. The maximum atomic E-state index is 12.9. The first-order chi connectivity index (χ1) is 13.8. The van der Waals surface area contributed by atoms with E-state index in [9.17, 15) is 4.79 Å². The molecule has 1 aliphatic rings. The Labute approximate surface area is 166 Å². The highest BCUT2D eigenvalue weighted by atomic mass is 16.2. The highest BCUT2D eigenvalue weighted by Gasteiger charge is 2.20. The number of aryl methyl sites for hydroxylation is 1. The third kappa shape index (κ3) is 3.77. The summed E-state index contributed by atoms with van der Waals surface area (Å²) in [5, 5.41) is 0. The normalized spacial score (nSPS) is 13.1. The lowest BCUT2D eigenvalue weighted by Crippen LogP contribution is -2.30. The lowest BCUT2D eigenvalue weighted by molar-refractivity contribution is 0.0752.